The molecule has 1 saturated heterocycles. The number of benzene rings is 2. The van der Waals surface area contributed by atoms with Crippen molar-refractivity contribution in [2.45, 2.75) is 18.9 Å². The number of hydrogen-bond donors (Lipinski definition) is 1. The van der Waals surface area contributed by atoms with Crippen LogP contribution in [0.1, 0.15) is 30.0 Å². The lowest BCUT2D eigenvalue weighted by atomic mass is 9.90. The number of nitrogens with zero attached hydrogens (tertiary/aromatic N) is 1. The van der Waals surface area contributed by atoms with Crippen molar-refractivity contribution in [1.29, 1.82) is 0 Å². The number of piperidine rings is 1. The smallest absolute Gasteiger partial charge is 0.306 e. The predicted molar refractivity (Wildman–Crippen MR) is 116 cm³/mol. The van der Waals surface area contributed by atoms with E-state index in [0.29, 0.717) is 53.2 Å². The number of rotatable bonds is 7. The first kappa shape index (κ1) is 22.5. The number of carboxylic acid groups (broad SMARTS) is 1. The van der Waals surface area contributed by atoms with E-state index >= 15 is 0 Å². The van der Waals surface area contributed by atoms with Gasteiger partial charge >= 0.3 is 5.97 Å². The minimum absolute atomic E-state index is 0.291. The molecule has 1 aliphatic heterocycles. The van der Waals surface area contributed by atoms with Gasteiger partial charge in [0.15, 0.2) is 11.5 Å². The number of likely N-dealkylation sites (tertiary alicyclic amines) is 1. The Labute approximate surface area is 186 Å². The summed E-state index contributed by atoms with van der Waals surface area (Å²) in [5.74, 6) is 0.643. The molecule has 1 aliphatic rings. The van der Waals surface area contributed by atoms with E-state index in [2.05, 4.69) is 4.90 Å². The molecule has 1 unspecified atom stereocenters. The van der Waals surface area contributed by atoms with Gasteiger partial charge in [-0.05, 0) is 43.6 Å². The minimum atomic E-state index is -0.754. The second-order valence-corrected chi connectivity index (χ2v) is 7.93. The monoisotopic (exact) mass is 453 g/mol. The Bertz CT molecular complexity index is 913. The summed E-state index contributed by atoms with van der Waals surface area (Å²) in [6, 6.07) is 8.90. The van der Waals surface area contributed by atoms with Crippen LogP contribution in [0.15, 0.2) is 30.3 Å². The van der Waals surface area contributed by atoms with Crippen LogP contribution in [0.3, 0.4) is 0 Å². The van der Waals surface area contributed by atoms with Crippen LogP contribution in [0.5, 0.6) is 17.2 Å². The van der Waals surface area contributed by atoms with Crippen molar-refractivity contribution in [3.8, 4) is 17.2 Å². The first-order valence-corrected chi connectivity index (χ1v) is 10.4. The highest BCUT2D eigenvalue weighted by atomic mass is 35.5. The quantitative estimate of drug-likeness (QED) is 0.642. The van der Waals surface area contributed by atoms with Gasteiger partial charge in [0.1, 0.15) is 5.75 Å². The van der Waals surface area contributed by atoms with Crippen LogP contribution in [0.2, 0.25) is 10.0 Å². The van der Waals surface area contributed by atoms with E-state index in [4.69, 9.17) is 37.4 Å². The first-order valence-electron chi connectivity index (χ1n) is 9.61. The van der Waals surface area contributed by atoms with Gasteiger partial charge in [-0.3, -0.25) is 9.69 Å². The number of halogens is 2. The third-order valence-corrected chi connectivity index (χ3v) is 6.38. The van der Waals surface area contributed by atoms with Crippen molar-refractivity contribution >= 4 is 29.2 Å². The summed E-state index contributed by atoms with van der Waals surface area (Å²) in [5.41, 5.74) is 1.66. The van der Waals surface area contributed by atoms with E-state index in [1.165, 1.54) is 0 Å². The summed E-state index contributed by atoms with van der Waals surface area (Å²) in [6.07, 6.45) is 1.11. The normalized spacial score (nSPS) is 16.2. The van der Waals surface area contributed by atoms with Crippen LogP contribution in [-0.2, 0) is 4.79 Å². The molecule has 162 valence electrons. The van der Waals surface area contributed by atoms with Gasteiger partial charge in [-0.15, -0.1) is 0 Å². The SMILES string of the molecule is COc1cc(OC)c(C(c2cccc(Cl)c2Cl)N2CCC(C(=O)O)CC2)cc1OC. The van der Waals surface area contributed by atoms with Gasteiger partial charge in [0.2, 0.25) is 0 Å². The lowest BCUT2D eigenvalue weighted by Crippen LogP contribution is -2.39. The van der Waals surface area contributed by atoms with Crippen molar-refractivity contribution in [1.82, 2.24) is 4.90 Å². The maximum absolute atomic E-state index is 11.4. The summed E-state index contributed by atoms with van der Waals surface area (Å²) in [4.78, 5) is 13.6. The molecule has 30 heavy (non-hydrogen) atoms. The van der Waals surface area contributed by atoms with Crippen molar-refractivity contribution in [3.63, 3.8) is 0 Å². The largest absolute Gasteiger partial charge is 0.496 e. The van der Waals surface area contributed by atoms with Gasteiger partial charge in [0.05, 0.1) is 43.3 Å². The molecule has 2 aromatic rings. The first-order chi connectivity index (χ1) is 14.4. The molecule has 8 heteroatoms. The van der Waals surface area contributed by atoms with E-state index in [9.17, 15) is 9.90 Å². The molecule has 0 saturated carbocycles. The van der Waals surface area contributed by atoms with E-state index < -0.39 is 5.97 Å². The summed E-state index contributed by atoms with van der Waals surface area (Å²) >= 11 is 12.9. The molecule has 2 aromatic carbocycles. The molecule has 0 aliphatic carbocycles. The molecule has 1 fully saturated rings. The second-order valence-electron chi connectivity index (χ2n) is 7.14. The highest BCUT2D eigenvalue weighted by Gasteiger charge is 2.33. The molecule has 0 spiro atoms. The predicted octanol–water partition coefficient (Wildman–Crippen LogP) is 4.91. The fourth-order valence-corrected chi connectivity index (χ4v) is 4.37. The number of aliphatic carboxylic acids is 1. The summed E-state index contributed by atoms with van der Waals surface area (Å²) in [7, 11) is 4.74. The maximum atomic E-state index is 11.4. The topological polar surface area (TPSA) is 68.2 Å². The molecule has 1 atom stereocenters. The summed E-state index contributed by atoms with van der Waals surface area (Å²) < 4.78 is 16.6. The average molecular weight is 454 g/mol. The Balaban J connectivity index is 2.13. The lowest BCUT2D eigenvalue weighted by Gasteiger charge is -2.38. The van der Waals surface area contributed by atoms with E-state index in [1.54, 1.807) is 33.5 Å². The van der Waals surface area contributed by atoms with E-state index in [-0.39, 0.29) is 12.0 Å². The van der Waals surface area contributed by atoms with Crippen molar-refractivity contribution in [3.05, 3.63) is 51.5 Å². The zero-order chi connectivity index (χ0) is 21.8. The Hall–Kier alpha value is -2.15. The van der Waals surface area contributed by atoms with Crippen LogP contribution >= 0.6 is 23.2 Å². The number of carboxylic acids is 1. The number of methoxy groups -OCH3 is 3. The van der Waals surface area contributed by atoms with Crippen LogP contribution < -0.4 is 14.2 Å². The second kappa shape index (κ2) is 9.77. The van der Waals surface area contributed by atoms with Crippen molar-refractivity contribution < 1.29 is 24.1 Å². The highest BCUT2D eigenvalue weighted by molar-refractivity contribution is 6.42. The van der Waals surface area contributed by atoms with Gasteiger partial charge in [-0.25, -0.2) is 0 Å². The van der Waals surface area contributed by atoms with Crippen LogP contribution in [0.4, 0.5) is 0 Å². The third kappa shape index (κ3) is 4.46. The number of hydrogen-bond acceptors (Lipinski definition) is 5. The molecular weight excluding hydrogens is 429 g/mol. The van der Waals surface area contributed by atoms with Crippen molar-refractivity contribution in [2.24, 2.45) is 5.92 Å². The molecule has 6 nitrogen and oxygen atoms in total. The maximum Gasteiger partial charge on any atom is 0.306 e. The van der Waals surface area contributed by atoms with Crippen molar-refractivity contribution in [2.75, 3.05) is 34.4 Å². The summed E-state index contributed by atoms with van der Waals surface area (Å²) in [6.45, 7) is 1.20. The Kier molecular flexibility index (Phi) is 7.34. The number of ether oxygens (including phenoxy) is 3. The fraction of sp³-hybridized carbons (Fsp3) is 0.409. The molecule has 1 heterocycles. The van der Waals surface area contributed by atoms with Gasteiger partial charge in [0, 0.05) is 11.6 Å². The molecule has 3 rings (SSSR count). The minimum Gasteiger partial charge on any atom is -0.496 e. The molecule has 1 N–H and O–H groups in total. The molecule has 0 bridgehead atoms. The van der Waals surface area contributed by atoms with E-state index in [0.717, 1.165) is 11.1 Å². The van der Waals surface area contributed by atoms with Crippen LogP contribution in [-0.4, -0.2) is 50.4 Å². The standard InChI is InChI=1S/C22H25Cl2NO5/c1-28-17-12-19(30-3)18(29-2)11-15(17)21(14-5-4-6-16(23)20(14)24)25-9-7-13(8-10-25)22(26)27/h4-6,11-13,21H,7-10H2,1-3H3,(H,26,27). The Morgan fingerprint density at radius 1 is 1.00 bits per heavy atom. The van der Waals surface area contributed by atoms with Crippen LogP contribution in [0.25, 0.3) is 0 Å². The zero-order valence-electron chi connectivity index (χ0n) is 17.2. The molecule has 0 amide bonds. The molecular formula is C22H25Cl2NO5. The third-order valence-electron chi connectivity index (χ3n) is 5.55. The van der Waals surface area contributed by atoms with Crippen LogP contribution in [0, 0.1) is 5.92 Å². The number of carbonyl (C=O) groups is 1. The van der Waals surface area contributed by atoms with Gasteiger partial charge in [-0.2, -0.15) is 0 Å². The Morgan fingerprint density at radius 2 is 1.60 bits per heavy atom. The average Bonchev–Trinajstić information content (AvgIpc) is 2.76. The highest BCUT2D eigenvalue weighted by Crippen LogP contribution is 2.45. The lowest BCUT2D eigenvalue weighted by molar-refractivity contribution is -0.143. The molecule has 0 aromatic heterocycles. The summed E-state index contributed by atoms with van der Waals surface area (Å²) in [5, 5.41) is 10.3. The molecule has 0 radical (unpaired) electrons. The van der Waals surface area contributed by atoms with Gasteiger partial charge in [-0.1, -0.05) is 35.3 Å². The van der Waals surface area contributed by atoms with Gasteiger partial charge in [0.25, 0.3) is 0 Å². The zero-order valence-corrected chi connectivity index (χ0v) is 18.7. The van der Waals surface area contributed by atoms with E-state index in [1.807, 2.05) is 18.2 Å². The fourth-order valence-electron chi connectivity index (χ4n) is 3.96. The Morgan fingerprint density at radius 3 is 2.17 bits per heavy atom. The van der Waals surface area contributed by atoms with Gasteiger partial charge < -0.3 is 19.3 Å².